The lowest BCUT2D eigenvalue weighted by molar-refractivity contribution is 0.0476. The van der Waals surface area contributed by atoms with Gasteiger partial charge in [0.15, 0.2) is 0 Å². The fraction of sp³-hybridized carbons (Fsp3) is 0.417. The van der Waals surface area contributed by atoms with Gasteiger partial charge in [-0.2, -0.15) is 0 Å². The van der Waals surface area contributed by atoms with Crippen molar-refractivity contribution in [3.8, 4) is 5.75 Å². The number of nitrogens with one attached hydrogen (secondary N) is 1. The highest BCUT2D eigenvalue weighted by molar-refractivity contribution is 6.30. The Morgan fingerprint density at radius 3 is 2.48 bits per heavy atom. The van der Waals surface area contributed by atoms with Crippen LogP contribution in [0.3, 0.4) is 0 Å². The minimum absolute atomic E-state index is 0.141. The van der Waals surface area contributed by atoms with E-state index in [4.69, 9.17) is 16.3 Å². The molecular weight excluding hydrogens is 417 g/mol. The van der Waals surface area contributed by atoms with Crippen LogP contribution in [-0.2, 0) is 11.3 Å². The van der Waals surface area contributed by atoms with E-state index >= 15 is 0 Å². The molecule has 1 unspecified atom stereocenters. The van der Waals surface area contributed by atoms with E-state index in [1.54, 1.807) is 24.3 Å². The molecule has 2 fully saturated rings. The SMILES string of the molecule is O=C=C1C(CNCC2CC2)N(COc2ccc(Cl)cc2)CCN1Cc1ccc(F)cc1. The molecule has 1 saturated carbocycles. The molecule has 1 N–H and O–H groups in total. The van der Waals surface area contributed by atoms with Crippen LogP contribution >= 0.6 is 11.6 Å². The first-order valence-corrected chi connectivity index (χ1v) is 11.1. The number of nitrogens with zero attached hydrogens (tertiary/aromatic N) is 2. The van der Waals surface area contributed by atoms with Gasteiger partial charge >= 0.3 is 0 Å². The molecule has 2 aromatic carbocycles. The lowest BCUT2D eigenvalue weighted by atomic mass is 10.1. The van der Waals surface area contributed by atoms with Crippen molar-refractivity contribution in [3.63, 3.8) is 0 Å². The van der Waals surface area contributed by atoms with Crippen molar-refractivity contribution in [3.05, 3.63) is 70.6 Å². The molecule has 1 aliphatic heterocycles. The largest absolute Gasteiger partial charge is 0.478 e. The minimum Gasteiger partial charge on any atom is -0.478 e. The van der Waals surface area contributed by atoms with Crippen molar-refractivity contribution in [2.24, 2.45) is 5.92 Å². The molecule has 0 bridgehead atoms. The monoisotopic (exact) mass is 443 g/mol. The summed E-state index contributed by atoms with van der Waals surface area (Å²) in [7, 11) is 0. The average Bonchev–Trinajstić information content (AvgIpc) is 3.60. The maximum absolute atomic E-state index is 13.3. The van der Waals surface area contributed by atoms with Gasteiger partial charge in [0.05, 0.1) is 6.04 Å². The molecule has 0 amide bonds. The fourth-order valence-electron chi connectivity index (χ4n) is 3.83. The Morgan fingerprint density at radius 2 is 1.81 bits per heavy atom. The van der Waals surface area contributed by atoms with E-state index in [0.717, 1.165) is 30.3 Å². The van der Waals surface area contributed by atoms with E-state index in [-0.39, 0.29) is 11.9 Å². The minimum atomic E-state index is -0.263. The van der Waals surface area contributed by atoms with Gasteiger partial charge in [-0.25, -0.2) is 9.18 Å². The molecule has 7 heteroatoms. The second-order valence-corrected chi connectivity index (χ2v) is 8.63. The highest BCUT2D eigenvalue weighted by Crippen LogP contribution is 2.28. The van der Waals surface area contributed by atoms with Crippen molar-refractivity contribution < 1.29 is 13.9 Å². The number of benzene rings is 2. The molecule has 0 radical (unpaired) electrons. The van der Waals surface area contributed by atoms with Gasteiger partial charge in [-0.1, -0.05) is 23.7 Å². The molecule has 1 atom stereocenters. The molecule has 2 aliphatic rings. The third kappa shape index (κ3) is 6.08. The van der Waals surface area contributed by atoms with Gasteiger partial charge in [0.1, 0.15) is 29.9 Å². The molecule has 1 heterocycles. The number of ether oxygens (including phenoxy) is 1. The van der Waals surface area contributed by atoms with E-state index in [0.29, 0.717) is 37.1 Å². The average molecular weight is 444 g/mol. The maximum Gasteiger partial charge on any atom is 0.147 e. The Balaban J connectivity index is 1.44. The summed E-state index contributed by atoms with van der Waals surface area (Å²) < 4.78 is 19.2. The Kier molecular flexibility index (Phi) is 7.25. The Morgan fingerprint density at radius 1 is 1.06 bits per heavy atom. The third-order valence-corrected chi connectivity index (χ3v) is 6.08. The summed E-state index contributed by atoms with van der Waals surface area (Å²) in [5, 5.41) is 4.18. The Bertz CT molecular complexity index is 911. The number of hydrogen-bond donors (Lipinski definition) is 1. The number of hydrogen-bond acceptors (Lipinski definition) is 5. The molecule has 31 heavy (non-hydrogen) atoms. The third-order valence-electron chi connectivity index (χ3n) is 5.82. The van der Waals surface area contributed by atoms with E-state index < -0.39 is 0 Å². The highest BCUT2D eigenvalue weighted by atomic mass is 35.5. The van der Waals surface area contributed by atoms with Crippen LogP contribution < -0.4 is 10.1 Å². The lowest BCUT2D eigenvalue weighted by Gasteiger charge is -2.42. The number of rotatable bonds is 9. The van der Waals surface area contributed by atoms with Crippen LogP contribution in [0.5, 0.6) is 5.75 Å². The van der Waals surface area contributed by atoms with Gasteiger partial charge in [0.25, 0.3) is 0 Å². The zero-order valence-corrected chi connectivity index (χ0v) is 18.2. The summed E-state index contributed by atoms with van der Waals surface area (Å²) in [6, 6.07) is 13.5. The zero-order chi connectivity index (χ0) is 21.6. The van der Waals surface area contributed by atoms with Crippen LogP contribution in [0.25, 0.3) is 0 Å². The van der Waals surface area contributed by atoms with Crippen LogP contribution in [0.1, 0.15) is 18.4 Å². The van der Waals surface area contributed by atoms with Crippen molar-refractivity contribution in [1.29, 1.82) is 0 Å². The van der Waals surface area contributed by atoms with Gasteiger partial charge in [-0.15, -0.1) is 0 Å². The fourth-order valence-corrected chi connectivity index (χ4v) is 3.96. The molecule has 4 rings (SSSR count). The molecule has 0 spiro atoms. The number of carbonyl (C=O) groups excluding carboxylic acids is 1. The summed E-state index contributed by atoms with van der Waals surface area (Å²) in [5.41, 5.74) is 1.57. The second kappa shape index (κ2) is 10.3. The van der Waals surface area contributed by atoms with Crippen molar-refractivity contribution >= 4 is 17.5 Å². The van der Waals surface area contributed by atoms with Crippen LogP contribution in [0.4, 0.5) is 4.39 Å². The smallest absolute Gasteiger partial charge is 0.147 e. The summed E-state index contributed by atoms with van der Waals surface area (Å²) >= 11 is 5.95. The van der Waals surface area contributed by atoms with Gasteiger partial charge in [-0.05, 0) is 67.3 Å². The van der Waals surface area contributed by atoms with E-state index in [9.17, 15) is 9.18 Å². The van der Waals surface area contributed by atoms with E-state index in [2.05, 4.69) is 16.2 Å². The van der Waals surface area contributed by atoms with E-state index in [1.165, 1.54) is 25.0 Å². The maximum atomic E-state index is 13.3. The topological polar surface area (TPSA) is 44.8 Å². The van der Waals surface area contributed by atoms with Gasteiger partial charge in [0.2, 0.25) is 0 Å². The Hall–Kier alpha value is -2.37. The molecular formula is C24H27ClFN3O2. The quantitative estimate of drug-likeness (QED) is 0.598. The molecule has 5 nitrogen and oxygen atoms in total. The first kappa shape index (κ1) is 21.8. The molecule has 0 aromatic heterocycles. The molecule has 1 aliphatic carbocycles. The van der Waals surface area contributed by atoms with Gasteiger partial charge in [-0.3, -0.25) is 4.90 Å². The van der Waals surface area contributed by atoms with Gasteiger partial charge in [0, 0.05) is 31.2 Å². The van der Waals surface area contributed by atoms with Crippen LogP contribution in [0.15, 0.2) is 54.2 Å². The summed E-state index contributed by atoms with van der Waals surface area (Å²) in [5.74, 6) is 3.41. The van der Waals surface area contributed by atoms with Crippen molar-refractivity contribution in [2.45, 2.75) is 25.4 Å². The van der Waals surface area contributed by atoms with Crippen LogP contribution in [0.2, 0.25) is 5.02 Å². The molecule has 1 saturated heterocycles. The second-order valence-electron chi connectivity index (χ2n) is 8.19. The normalized spacial score (nSPS) is 19.4. The first-order chi connectivity index (χ1) is 15.1. The predicted octanol–water partition coefficient (Wildman–Crippen LogP) is 3.72. The predicted molar refractivity (Wildman–Crippen MR) is 119 cm³/mol. The van der Waals surface area contributed by atoms with Crippen molar-refractivity contribution in [1.82, 2.24) is 15.1 Å². The summed E-state index contributed by atoms with van der Waals surface area (Å²) in [6.07, 6.45) is 2.54. The zero-order valence-electron chi connectivity index (χ0n) is 17.4. The number of piperazine rings is 1. The first-order valence-electron chi connectivity index (χ1n) is 10.7. The standard InChI is InChI=1S/C24H27ClFN3O2/c25-20-5-9-22(10-6-20)31-17-29-12-11-28(15-19-3-7-21(26)8-4-19)24(16-30)23(29)14-27-13-18-1-2-18/h3-10,18,23,27H,1-2,11-15,17H2. The van der Waals surface area contributed by atoms with Crippen molar-refractivity contribution in [2.75, 3.05) is 32.9 Å². The van der Waals surface area contributed by atoms with Crippen LogP contribution in [0, 0.1) is 11.7 Å². The highest BCUT2D eigenvalue weighted by Gasteiger charge is 2.33. The van der Waals surface area contributed by atoms with Gasteiger partial charge < -0.3 is 15.0 Å². The Labute approximate surface area is 187 Å². The lowest BCUT2D eigenvalue weighted by Crippen LogP contribution is -2.56. The summed E-state index contributed by atoms with van der Waals surface area (Å²) in [6.45, 7) is 3.96. The van der Waals surface area contributed by atoms with E-state index in [1.807, 2.05) is 17.0 Å². The molecule has 2 aromatic rings. The number of halogens is 2. The van der Waals surface area contributed by atoms with Crippen LogP contribution in [-0.4, -0.2) is 54.7 Å². The molecule has 164 valence electrons. The summed E-state index contributed by atoms with van der Waals surface area (Å²) in [4.78, 5) is 16.2.